The molecule has 106 valence electrons. The molecular weight excluding hydrogens is 340 g/mol. The van der Waals surface area contributed by atoms with Crippen LogP contribution >= 0.6 is 15.9 Å². The molecule has 0 spiro atoms. The van der Waals surface area contributed by atoms with E-state index in [0.29, 0.717) is 5.56 Å². The smallest absolute Gasteiger partial charge is 0.181 e. The van der Waals surface area contributed by atoms with Crippen molar-refractivity contribution in [3.8, 4) is 0 Å². The van der Waals surface area contributed by atoms with Crippen LogP contribution < -0.4 is 0 Å². The Morgan fingerprint density at radius 3 is 2.40 bits per heavy atom. The minimum absolute atomic E-state index is 0.215. The van der Waals surface area contributed by atoms with Crippen molar-refractivity contribution in [1.29, 1.82) is 0 Å². The number of hydrogen-bond acceptors (Lipinski definition) is 3. The van der Waals surface area contributed by atoms with Crippen molar-refractivity contribution in [2.24, 2.45) is 0 Å². The summed E-state index contributed by atoms with van der Waals surface area (Å²) in [6, 6.07) is 13.6. The molecule has 0 heterocycles. The van der Waals surface area contributed by atoms with Crippen LogP contribution in [0.25, 0.3) is 0 Å². The summed E-state index contributed by atoms with van der Waals surface area (Å²) < 4.78 is 25.3. The molecule has 0 fully saturated rings. The van der Waals surface area contributed by atoms with E-state index in [1.807, 2.05) is 13.0 Å². The van der Waals surface area contributed by atoms with E-state index in [1.54, 1.807) is 30.3 Å². The van der Waals surface area contributed by atoms with E-state index >= 15 is 0 Å². The summed E-state index contributed by atoms with van der Waals surface area (Å²) in [5, 5.41) is 10.1. The molecule has 0 aliphatic rings. The number of aryl methyl sites for hydroxylation is 1. The van der Waals surface area contributed by atoms with Crippen molar-refractivity contribution in [3.05, 3.63) is 64.1 Å². The fraction of sp³-hybridized carbons (Fsp3) is 0.200. The second-order valence-corrected chi connectivity index (χ2v) is 7.62. The van der Waals surface area contributed by atoms with Crippen molar-refractivity contribution < 1.29 is 13.5 Å². The highest BCUT2D eigenvalue weighted by Crippen LogP contribution is 2.22. The maximum absolute atomic E-state index is 12.2. The molecule has 2 aromatic rings. The normalized spacial score (nSPS) is 13.2. The number of sulfone groups is 1. The highest BCUT2D eigenvalue weighted by molar-refractivity contribution is 9.10. The molecule has 0 bridgehead atoms. The molecule has 0 saturated carbocycles. The number of aliphatic hydroxyl groups excluding tert-OH is 1. The highest BCUT2D eigenvalue weighted by atomic mass is 79.9. The van der Waals surface area contributed by atoms with Crippen LogP contribution in [0.1, 0.15) is 17.2 Å². The Bertz CT molecular complexity index is 693. The van der Waals surface area contributed by atoms with E-state index < -0.39 is 15.9 Å². The summed E-state index contributed by atoms with van der Waals surface area (Å²) in [5.74, 6) is -0.321. The summed E-state index contributed by atoms with van der Waals surface area (Å²) in [5.41, 5.74) is 1.60. The quantitative estimate of drug-likeness (QED) is 0.916. The van der Waals surface area contributed by atoms with Crippen LogP contribution in [0.15, 0.2) is 57.9 Å². The van der Waals surface area contributed by atoms with E-state index in [-0.39, 0.29) is 10.6 Å². The van der Waals surface area contributed by atoms with Gasteiger partial charge in [-0.2, -0.15) is 0 Å². The molecule has 1 unspecified atom stereocenters. The minimum Gasteiger partial charge on any atom is -0.387 e. The van der Waals surface area contributed by atoms with Gasteiger partial charge < -0.3 is 5.11 Å². The van der Waals surface area contributed by atoms with E-state index in [9.17, 15) is 13.5 Å². The van der Waals surface area contributed by atoms with Gasteiger partial charge in [-0.3, -0.25) is 0 Å². The first kappa shape index (κ1) is 15.2. The van der Waals surface area contributed by atoms with E-state index in [0.717, 1.165) is 10.0 Å². The molecule has 0 radical (unpaired) electrons. The maximum atomic E-state index is 12.2. The van der Waals surface area contributed by atoms with Crippen LogP contribution in [0.3, 0.4) is 0 Å². The van der Waals surface area contributed by atoms with Crippen molar-refractivity contribution in [3.63, 3.8) is 0 Å². The van der Waals surface area contributed by atoms with Gasteiger partial charge in [-0.05, 0) is 36.8 Å². The molecular formula is C15H15BrO3S. The molecule has 2 aromatic carbocycles. The lowest BCUT2D eigenvalue weighted by atomic mass is 10.1. The minimum atomic E-state index is -3.51. The van der Waals surface area contributed by atoms with Crippen molar-refractivity contribution >= 4 is 25.8 Å². The zero-order chi connectivity index (χ0) is 14.8. The second-order valence-electron chi connectivity index (χ2n) is 4.67. The first-order valence-electron chi connectivity index (χ1n) is 6.11. The number of halogens is 1. The van der Waals surface area contributed by atoms with Gasteiger partial charge in [0.15, 0.2) is 9.84 Å². The average Bonchev–Trinajstić information content (AvgIpc) is 2.38. The van der Waals surface area contributed by atoms with Gasteiger partial charge in [-0.1, -0.05) is 45.8 Å². The van der Waals surface area contributed by atoms with Gasteiger partial charge >= 0.3 is 0 Å². The monoisotopic (exact) mass is 354 g/mol. The van der Waals surface area contributed by atoms with Crippen molar-refractivity contribution in [1.82, 2.24) is 0 Å². The molecule has 0 aromatic heterocycles. The fourth-order valence-electron chi connectivity index (χ4n) is 1.92. The van der Waals surface area contributed by atoms with Gasteiger partial charge in [0.05, 0.1) is 16.8 Å². The van der Waals surface area contributed by atoms with Gasteiger partial charge in [-0.25, -0.2) is 8.42 Å². The Kier molecular flexibility index (Phi) is 4.62. The van der Waals surface area contributed by atoms with E-state index in [2.05, 4.69) is 15.9 Å². The van der Waals surface area contributed by atoms with Crippen LogP contribution in [-0.4, -0.2) is 19.3 Å². The van der Waals surface area contributed by atoms with Crippen molar-refractivity contribution in [2.45, 2.75) is 17.9 Å². The number of hydrogen-bond donors (Lipinski definition) is 1. The standard InChI is InChI=1S/C15H15BrO3S/c1-11-3-2-4-12(9-11)15(17)10-20(18,19)14-7-5-13(16)6-8-14/h2-9,15,17H,10H2,1H3. The van der Waals surface area contributed by atoms with E-state index in [4.69, 9.17) is 0 Å². The van der Waals surface area contributed by atoms with E-state index in [1.165, 1.54) is 12.1 Å². The Labute approximate surface area is 127 Å². The predicted octanol–water partition coefficient (Wildman–Crippen LogP) is 3.26. The number of rotatable bonds is 4. The van der Waals surface area contributed by atoms with Crippen LogP contribution in [0.2, 0.25) is 0 Å². The molecule has 3 nitrogen and oxygen atoms in total. The van der Waals surface area contributed by atoms with Gasteiger partial charge in [-0.15, -0.1) is 0 Å². The molecule has 0 saturated heterocycles. The largest absolute Gasteiger partial charge is 0.387 e. The lowest BCUT2D eigenvalue weighted by Gasteiger charge is -2.12. The molecule has 2 rings (SSSR count). The lowest BCUT2D eigenvalue weighted by Crippen LogP contribution is -2.14. The number of aliphatic hydroxyl groups is 1. The Morgan fingerprint density at radius 1 is 1.15 bits per heavy atom. The molecule has 0 aliphatic carbocycles. The first-order valence-corrected chi connectivity index (χ1v) is 8.56. The van der Waals surface area contributed by atoms with Crippen molar-refractivity contribution in [2.75, 3.05) is 5.75 Å². The van der Waals surface area contributed by atoms with Crippen LogP contribution in [-0.2, 0) is 9.84 Å². The molecule has 1 atom stereocenters. The summed E-state index contributed by atoms with van der Waals surface area (Å²) in [7, 11) is -3.51. The van der Waals surface area contributed by atoms with Gasteiger partial charge in [0.25, 0.3) is 0 Å². The maximum Gasteiger partial charge on any atom is 0.181 e. The Hall–Kier alpha value is -1.17. The molecule has 0 aliphatic heterocycles. The van der Waals surface area contributed by atoms with Gasteiger partial charge in [0.2, 0.25) is 0 Å². The lowest BCUT2D eigenvalue weighted by molar-refractivity contribution is 0.201. The topological polar surface area (TPSA) is 54.4 Å². The van der Waals surface area contributed by atoms with Crippen LogP contribution in [0.4, 0.5) is 0 Å². The highest BCUT2D eigenvalue weighted by Gasteiger charge is 2.20. The van der Waals surface area contributed by atoms with Crippen LogP contribution in [0, 0.1) is 6.92 Å². The average molecular weight is 355 g/mol. The third kappa shape index (κ3) is 3.69. The fourth-order valence-corrected chi connectivity index (χ4v) is 3.54. The third-order valence-electron chi connectivity index (χ3n) is 2.98. The Morgan fingerprint density at radius 2 is 1.80 bits per heavy atom. The predicted molar refractivity (Wildman–Crippen MR) is 82.3 cm³/mol. The summed E-state index contributed by atoms with van der Waals surface area (Å²) >= 11 is 3.26. The molecule has 1 N–H and O–H groups in total. The second kappa shape index (κ2) is 6.08. The Balaban J connectivity index is 2.22. The summed E-state index contributed by atoms with van der Waals surface area (Å²) in [6.07, 6.45) is -1.02. The molecule has 5 heteroatoms. The number of benzene rings is 2. The zero-order valence-electron chi connectivity index (χ0n) is 11.0. The first-order chi connectivity index (χ1) is 9.38. The molecule has 20 heavy (non-hydrogen) atoms. The summed E-state index contributed by atoms with van der Waals surface area (Å²) in [4.78, 5) is 0.215. The molecule has 0 amide bonds. The van der Waals surface area contributed by atoms with Gasteiger partial charge in [0, 0.05) is 4.47 Å². The van der Waals surface area contributed by atoms with Gasteiger partial charge in [0.1, 0.15) is 0 Å². The summed E-state index contributed by atoms with van der Waals surface area (Å²) in [6.45, 7) is 1.90. The van der Waals surface area contributed by atoms with Crippen LogP contribution in [0.5, 0.6) is 0 Å². The third-order valence-corrected chi connectivity index (χ3v) is 5.25. The zero-order valence-corrected chi connectivity index (χ0v) is 13.4. The SMILES string of the molecule is Cc1cccc(C(O)CS(=O)(=O)c2ccc(Br)cc2)c1.